The first-order valence-electron chi connectivity index (χ1n) is 14.9. The van der Waals surface area contributed by atoms with Gasteiger partial charge in [0.25, 0.3) is 0 Å². The highest BCUT2D eigenvalue weighted by atomic mass is 16.2. The van der Waals surface area contributed by atoms with Crippen LogP contribution in [-0.4, -0.2) is 11.8 Å². The van der Waals surface area contributed by atoms with E-state index in [1.54, 1.807) is 0 Å². The molecule has 4 nitrogen and oxygen atoms in total. The molecule has 0 aromatic heterocycles. The summed E-state index contributed by atoms with van der Waals surface area (Å²) < 4.78 is 0. The van der Waals surface area contributed by atoms with Crippen molar-refractivity contribution in [3.63, 3.8) is 0 Å². The lowest BCUT2D eigenvalue weighted by molar-refractivity contribution is -0.117. The summed E-state index contributed by atoms with van der Waals surface area (Å²) in [7, 11) is 0. The van der Waals surface area contributed by atoms with E-state index < -0.39 is 0 Å². The number of rotatable bonds is 20. The van der Waals surface area contributed by atoms with Crippen LogP contribution in [0.3, 0.4) is 0 Å². The van der Waals surface area contributed by atoms with Crippen molar-refractivity contribution >= 4 is 23.2 Å². The molecule has 4 heteroatoms. The molecule has 2 amide bonds. The van der Waals surface area contributed by atoms with Gasteiger partial charge in [-0.3, -0.25) is 9.59 Å². The molecule has 0 aliphatic rings. The number of unbranched alkanes of at least 4 members (excludes halogenated alkanes) is 12. The van der Waals surface area contributed by atoms with Gasteiger partial charge in [0, 0.05) is 24.2 Å². The molecule has 204 valence electrons. The average Bonchev–Trinajstić information content (AvgIpc) is 2.90. The molecule has 0 unspecified atom stereocenters. The zero-order valence-corrected chi connectivity index (χ0v) is 23.5. The average molecular weight is 507 g/mol. The fourth-order valence-corrected chi connectivity index (χ4v) is 4.58. The molecule has 0 saturated carbocycles. The molecular formula is C33H50N2O2. The van der Waals surface area contributed by atoms with Gasteiger partial charge in [0.2, 0.25) is 11.8 Å². The Morgan fingerprint density at radius 3 is 1.16 bits per heavy atom. The second-order valence-corrected chi connectivity index (χ2v) is 10.4. The molecular weight excluding hydrogens is 456 g/mol. The van der Waals surface area contributed by atoms with Crippen LogP contribution in [0.2, 0.25) is 0 Å². The van der Waals surface area contributed by atoms with Gasteiger partial charge in [-0.15, -0.1) is 0 Å². The summed E-state index contributed by atoms with van der Waals surface area (Å²) in [6.45, 7) is 4.46. The van der Waals surface area contributed by atoms with E-state index in [4.69, 9.17) is 0 Å². The smallest absolute Gasteiger partial charge is 0.224 e. The standard InChI is InChI=1S/C33H50N2O2/c1-3-5-7-9-11-13-15-17-32(36)34-30-23-19-28(20-24-30)27-29-21-25-31(26-22-29)35-33(37)18-16-14-12-10-8-6-4-2/h19-26H,3-18,27H2,1-2H3,(H,34,36)(H,35,37). The highest BCUT2D eigenvalue weighted by Gasteiger charge is 2.05. The Balaban J connectivity index is 1.64. The first-order chi connectivity index (χ1) is 18.1. The summed E-state index contributed by atoms with van der Waals surface area (Å²) in [5.74, 6) is 0.205. The number of anilines is 2. The molecule has 0 atom stereocenters. The Morgan fingerprint density at radius 1 is 0.486 bits per heavy atom. The molecule has 37 heavy (non-hydrogen) atoms. The summed E-state index contributed by atoms with van der Waals surface area (Å²) in [4.78, 5) is 24.4. The van der Waals surface area contributed by atoms with Crippen molar-refractivity contribution in [2.45, 2.75) is 123 Å². The van der Waals surface area contributed by atoms with E-state index in [0.29, 0.717) is 12.8 Å². The van der Waals surface area contributed by atoms with Crippen LogP contribution in [-0.2, 0) is 16.0 Å². The quantitative estimate of drug-likeness (QED) is 0.176. The lowest BCUT2D eigenvalue weighted by Crippen LogP contribution is -2.11. The van der Waals surface area contributed by atoms with Crippen molar-refractivity contribution in [3.8, 4) is 0 Å². The van der Waals surface area contributed by atoms with Crippen LogP contribution in [0.1, 0.15) is 128 Å². The molecule has 2 N–H and O–H groups in total. The highest BCUT2D eigenvalue weighted by Crippen LogP contribution is 2.17. The minimum absolute atomic E-state index is 0.103. The number of amides is 2. The lowest BCUT2D eigenvalue weighted by Gasteiger charge is -2.09. The van der Waals surface area contributed by atoms with E-state index in [-0.39, 0.29) is 11.8 Å². The maximum atomic E-state index is 12.2. The van der Waals surface area contributed by atoms with E-state index in [1.165, 1.54) is 75.3 Å². The van der Waals surface area contributed by atoms with Gasteiger partial charge >= 0.3 is 0 Å². The predicted molar refractivity (Wildman–Crippen MR) is 158 cm³/mol. The van der Waals surface area contributed by atoms with Crippen LogP contribution in [0.5, 0.6) is 0 Å². The number of nitrogens with one attached hydrogen (secondary N) is 2. The van der Waals surface area contributed by atoms with Crippen molar-refractivity contribution in [2.75, 3.05) is 10.6 Å². The third-order valence-corrected chi connectivity index (χ3v) is 6.90. The SMILES string of the molecule is CCCCCCCCCC(=O)Nc1ccc(Cc2ccc(NC(=O)CCCCCCCCC)cc2)cc1. The first kappa shape index (κ1) is 30.6. The van der Waals surface area contributed by atoms with Gasteiger partial charge in [0.15, 0.2) is 0 Å². The molecule has 2 aromatic rings. The Bertz CT molecular complexity index is 801. The Morgan fingerprint density at radius 2 is 0.811 bits per heavy atom. The summed E-state index contributed by atoms with van der Waals surface area (Å²) in [5, 5.41) is 6.04. The fourth-order valence-electron chi connectivity index (χ4n) is 4.58. The van der Waals surface area contributed by atoms with Gasteiger partial charge in [0.1, 0.15) is 0 Å². The maximum absolute atomic E-state index is 12.2. The summed E-state index contributed by atoms with van der Waals surface area (Å²) in [6.07, 6.45) is 19.0. The van der Waals surface area contributed by atoms with Crippen molar-refractivity contribution in [2.24, 2.45) is 0 Å². The van der Waals surface area contributed by atoms with E-state index in [0.717, 1.165) is 43.5 Å². The van der Waals surface area contributed by atoms with Crippen LogP contribution in [0, 0.1) is 0 Å². The van der Waals surface area contributed by atoms with Crippen LogP contribution in [0.25, 0.3) is 0 Å². The fraction of sp³-hybridized carbons (Fsp3) is 0.576. The van der Waals surface area contributed by atoms with Gasteiger partial charge < -0.3 is 10.6 Å². The molecule has 0 aliphatic heterocycles. The lowest BCUT2D eigenvalue weighted by atomic mass is 10.0. The highest BCUT2D eigenvalue weighted by molar-refractivity contribution is 5.91. The zero-order chi connectivity index (χ0) is 26.6. The molecule has 2 aromatic carbocycles. The molecule has 0 spiro atoms. The second kappa shape index (κ2) is 19.5. The van der Waals surface area contributed by atoms with Crippen molar-refractivity contribution in [1.29, 1.82) is 0 Å². The second-order valence-electron chi connectivity index (χ2n) is 10.4. The van der Waals surface area contributed by atoms with E-state index in [1.807, 2.05) is 24.3 Å². The number of benzene rings is 2. The largest absolute Gasteiger partial charge is 0.326 e. The Labute approximate surface area is 226 Å². The summed E-state index contributed by atoms with van der Waals surface area (Å²) >= 11 is 0. The maximum Gasteiger partial charge on any atom is 0.224 e. The van der Waals surface area contributed by atoms with Crippen molar-refractivity contribution < 1.29 is 9.59 Å². The van der Waals surface area contributed by atoms with Crippen LogP contribution >= 0.6 is 0 Å². The van der Waals surface area contributed by atoms with Crippen LogP contribution < -0.4 is 10.6 Å². The number of hydrogen-bond acceptors (Lipinski definition) is 2. The molecule has 0 heterocycles. The third kappa shape index (κ3) is 14.6. The normalized spacial score (nSPS) is 10.9. The minimum Gasteiger partial charge on any atom is -0.326 e. The third-order valence-electron chi connectivity index (χ3n) is 6.90. The van der Waals surface area contributed by atoms with Gasteiger partial charge in [0.05, 0.1) is 0 Å². The molecule has 0 bridgehead atoms. The van der Waals surface area contributed by atoms with Gasteiger partial charge in [-0.1, -0.05) is 115 Å². The molecule has 2 rings (SSSR count). The number of carbonyl (C=O) groups excluding carboxylic acids is 2. The van der Waals surface area contributed by atoms with E-state index in [9.17, 15) is 9.59 Å². The number of carbonyl (C=O) groups is 2. The van der Waals surface area contributed by atoms with Crippen molar-refractivity contribution in [1.82, 2.24) is 0 Å². The van der Waals surface area contributed by atoms with Gasteiger partial charge in [-0.2, -0.15) is 0 Å². The number of hydrogen-bond donors (Lipinski definition) is 2. The first-order valence-corrected chi connectivity index (χ1v) is 14.9. The molecule has 0 aliphatic carbocycles. The monoisotopic (exact) mass is 506 g/mol. The molecule has 0 saturated heterocycles. The van der Waals surface area contributed by atoms with E-state index in [2.05, 4.69) is 48.7 Å². The zero-order valence-electron chi connectivity index (χ0n) is 23.5. The summed E-state index contributed by atoms with van der Waals surface area (Å²) in [5.41, 5.74) is 4.10. The Kier molecular flexibility index (Phi) is 16.1. The minimum atomic E-state index is 0.103. The van der Waals surface area contributed by atoms with Crippen molar-refractivity contribution in [3.05, 3.63) is 59.7 Å². The summed E-state index contributed by atoms with van der Waals surface area (Å²) in [6, 6.07) is 16.2. The molecule has 0 fully saturated rings. The topological polar surface area (TPSA) is 58.2 Å². The van der Waals surface area contributed by atoms with Crippen LogP contribution in [0.4, 0.5) is 11.4 Å². The molecule has 0 radical (unpaired) electrons. The van der Waals surface area contributed by atoms with E-state index >= 15 is 0 Å². The Hall–Kier alpha value is -2.62. The van der Waals surface area contributed by atoms with Crippen LogP contribution in [0.15, 0.2) is 48.5 Å². The predicted octanol–water partition coefficient (Wildman–Crippen LogP) is 9.44. The van der Waals surface area contributed by atoms with Gasteiger partial charge in [-0.05, 0) is 54.7 Å². The van der Waals surface area contributed by atoms with Gasteiger partial charge in [-0.25, -0.2) is 0 Å².